The van der Waals surface area contributed by atoms with Crippen LogP contribution in [0.4, 0.5) is 0 Å². The Morgan fingerprint density at radius 1 is 0.760 bits per heavy atom. The normalized spacial score (nSPS) is 14.8. The molecule has 5 rings (SSSR count). The molecule has 0 bridgehead atoms. The predicted molar refractivity (Wildman–Crippen MR) is 194 cm³/mol. The number of benzene rings is 4. The molecule has 9 heteroatoms. The van der Waals surface area contributed by atoms with Crippen LogP contribution in [0.5, 0.6) is 5.75 Å². The van der Waals surface area contributed by atoms with Crippen molar-refractivity contribution in [3.63, 3.8) is 0 Å². The van der Waals surface area contributed by atoms with Crippen molar-refractivity contribution in [2.75, 3.05) is 0 Å². The van der Waals surface area contributed by atoms with Crippen molar-refractivity contribution in [2.24, 2.45) is 5.92 Å². The topological polar surface area (TPSA) is 100 Å². The van der Waals surface area contributed by atoms with Crippen LogP contribution in [0.15, 0.2) is 109 Å². The first-order chi connectivity index (χ1) is 24.3. The Kier molecular flexibility index (Phi) is 13.8. The van der Waals surface area contributed by atoms with Gasteiger partial charge in [-0.2, -0.15) is 0 Å². The highest BCUT2D eigenvalue weighted by Crippen LogP contribution is 2.51. The van der Waals surface area contributed by atoms with Crippen molar-refractivity contribution in [3.05, 3.63) is 137 Å². The molecule has 0 heterocycles. The molecule has 0 spiro atoms. The molecular formula is C41H48NO7P. The van der Waals surface area contributed by atoms with Gasteiger partial charge in [0.1, 0.15) is 17.9 Å². The second-order valence-electron chi connectivity index (χ2n) is 12.9. The van der Waals surface area contributed by atoms with E-state index >= 15 is 0 Å². The minimum atomic E-state index is -4.04. The van der Waals surface area contributed by atoms with Crippen LogP contribution in [-0.4, -0.2) is 17.9 Å². The van der Waals surface area contributed by atoms with Gasteiger partial charge in [-0.1, -0.05) is 136 Å². The molecule has 50 heavy (non-hydrogen) atoms. The van der Waals surface area contributed by atoms with E-state index in [0.717, 1.165) is 28.7 Å². The summed E-state index contributed by atoms with van der Waals surface area (Å²) in [5.74, 6) is 0.147. The van der Waals surface area contributed by atoms with Crippen LogP contribution in [0.2, 0.25) is 0 Å². The Morgan fingerprint density at radius 3 is 1.94 bits per heavy atom. The van der Waals surface area contributed by atoms with Gasteiger partial charge in [-0.25, -0.2) is 9.36 Å². The molecule has 0 saturated heterocycles. The van der Waals surface area contributed by atoms with E-state index in [1.54, 1.807) is 24.3 Å². The molecule has 1 amide bonds. The number of hydrogen-bond donors (Lipinski definition) is 1. The van der Waals surface area contributed by atoms with E-state index in [0.29, 0.717) is 12.3 Å². The zero-order valence-corrected chi connectivity index (χ0v) is 29.9. The third-order valence-corrected chi connectivity index (χ3v) is 10.2. The largest absolute Gasteiger partial charge is 0.530 e. The molecule has 1 N–H and O–H groups in total. The Balaban J connectivity index is 1.23. The lowest BCUT2D eigenvalue weighted by Crippen LogP contribution is -2.42. The first kappa shape index (κ1) is 37.0. The van der Waals surface area contributed by atoms with Crippen molar-refractivity contribution in [1.82, 2.24) is 5.32 Å². The SMILES string of the molecule is CCC(OC(=O)[C@H](Cc1ccc(OP(=O)(OCc2ccccc2)OCc2ccccc2)cc1)NC(C)=O)c1cccc(CC2CCCCC2)c1. The Labute approximate surface area is 296 Å². The van der Waals surface area contributed by atoms with Crippen LogP contribution in [0, 0.1) is 5.92 Å². The molecule has 2 atom stereocenters. The van der Waals surface area contributed by atoms with Crippen LogP contribution in [-0.2, 0) is 54.0 Å². The van der Waals surface area contributed by atoms with Crippen LogP contribution in [0.3, 0.4) is 0 Å². The van der Waals surface area contributed by atoms with Gasteiger partial charge in [-0.3, -0.25) is 13.8 Å². The number of nitrogens with one attached hydrogen (secondary N) is 1. The summed E-state index contributed by atoms with van der Waals surface area (Å²) < 4.78 is 37.2. The minimum absolute atomic E-state index is 0.0368. The molecule has 1 aliphatic rings. The lowest BCUT2D eigenvalue weighted by molar-refractivity contribution is -0.153. The summed E-state index contributed by atoms with van der Waals surface area (Å²) in [6, 6.07) is 33.0. The van der Waals surface area contributed by atoms with Gasteiger partial charge < -0.3 is 14.6 Å². The maximum Gasteiger partial charge on any atom is 0.530 e. The zero-order valence-electron chi connectivity index (χ0n) is 29.0. The summed E-state index contributed by atoms with van der Waals surface area (Å²) in [4.78, 5) is 25.7. The van der Waals surface area contributed by atoms with Crippen molar-refractivity contribution in [2.45, 2.75) is 90.6 Å². The number of ether oxygens (including phenoxy) is 1. The number of esters is 1. The van der Waals surface area contributed by atoms with Crippen molar-refractivity contribution in [3.8, 4) is 5.75 Å². The van der Waals surface area contributed by atoms with Crippen LogP contribution >= 0.6 is 7.82 Å². The Morgan fingerprint density at radius 2 is 1.36 bits per heavy atom. The first-order valence-corrected chi connectivity index (χ1v) is 19.1. The fraction of sp³-hybridized carbons (Fsp3) is 0.366. The smallest absolute Gasteiger partial charge is 0.456 e. The average Bonchev–Trinajstić information content (AvgIpc) is 3.14. The fourth-order valence-electron chi connectivity index (χ4n) is 6.29. The number of phosphoric ester groups is 1. The number of rotatable bonds is 17. The Bertz CT molecular complexity index is 1640. The molecule has 0 radical (unpaired) electrons. The molecule has 1 unspecified atom stereocenters. The predicted octanol–water partition coefficient (Wildman–Crippen LogP) is 9.47. The molecular weight excluding hydrogens is 649 g/mol. The highest BCUT2D eigenvalue weighted by molar-refractivity contribution is 7.48. The summed E-state index contributed by atoms with van der Waals surface area (Å²) >= 11 is 0. The molecule has 1 fully saturated rings. The maximum atomic E-state index is 13.8. The van der Waals surface area contributed by atoms with Crippen molar-refractivity contribution >= 4 is 19.7 Å². The van der Waals surface area contributed by atoms with Gasteiger partial charge in [0, 0.05) is 13.3 Å². The number of hydrogen-bond acceptors (Lipinski definition) is 7. The summed E-state index contributed by atoms with van der Waals surface area (Å²) in [7, 11) is -4.04. The molecule has 8 nitrogen and oxygen atoms in total. The van der Waals surface area contributed by atoms with Gasteiger partial charge in [-0.15, -0.1) is 0 Å². The van der Waals surface area contributed by atoms with Gasteiger partial charge in [0.2, 0.25) is 5.91 Å². The first-order valence-electron chi connectivity index (χ1n) is 17.6. The molecule has 4 aromatic carbocycles. The third kappa shape index (κ3) is 11.7. The Hall–Kier alpha value is -4.23. The van der Waals surface area contributed by atoms with Crippen LogP contribution < -0.4 is 9.84 Å². The average molecular weight is 698 g/mol. The molecule has 264 valence electrons. The fourth-order valence-corrected chi connectivity index (χ4v) is 7.46. The van der Waals surface area contributed by atoms with Gasteiger partial charge in [0.25, 0.3) is 0 Å². The number of phosphoric acid groups is 1. The highest BCUT2D eigenvalue weighted by Gasteiger charge is 2.30. The second-order valence-corrected chi connectivity index (χ2v) is 14.5. The molecule has 0 aliphatic heterocycles. The molecule has 4 aromatic rings. The van der Waals surface area contributed by atoms with E-state index < -0.39 is 25.9 Å². The summed E-state index contributed by atoms with van der Waals surface area (Å²) in [5, 5.41) is 2.76. The summed E-state index contributed by atoms with van der Waals surface area (Å²) in [5.41, 5.74) is 4.63. The van der Waals surface area contributed by atoms with E-state index in [-0.39, 0.29) is 31.3 Å². The van der Waals surface area contributed by atoms with Gasteiger partial charge in [0.15, 0.2) is 0 Å². The van der Waals surface area contributed by atoms with E-state index in [9.17, 15) is 14.2 Å². The zero-order chi connectivity index (χ0) is 35.2. The number of carbonyl (C=O) groups is 2. The van der Waals surface area contributed by atoms with Crippen LogP contribution in [0.25, 0.3) is 0 Å². The summed E-state index contributed by atoms with van der Waals surface area (Å²) in [6.45, 7) is 3.44. The lowest BCUT2D eigenvalue weighted by Gasteiger charge is -2.24. The lowest BCUT2D eigenvalue weighted by atomic mass is 9.84. The standard InChI is InChI=1S/C41H48NO7P/c1-3-40(37-21-13-20-36(27-37)26-32-14-7-4-8-15-32)48-41(44)39(42-31(2)43)28-33-22-24-38(25-23-33)49-50(45,46-29-34-16-9-5-10-17-34)47-30-35-18-11-6-12-19-35/h5-6,9-13,16-25,27,32,39-40H,3-4,7-8,14-15,26,28-30H2,1-2H3,(H,42,43)/t39-,40?/m0/s1. The highest BCUT2D eigenvalue weighted by atomic mass is 31.2. The number of carbonyl (C=O) groups excluding carboxylic acids is 2. The molecule has 0 aromatic heterocycles. The molecule has 1 aliphatic carbocycles. The van der Waals surface area contributed by atoms with E-state index in [1.807, 2.05) is 79.7 Å². The van der Waals surface area contributed by atoms with E-state index in [4.69, 9.17) is 18.3 Å². The minimum Gasteiger partial charge on any atom is -0.456 e. The second kappa shape index (κ2) is 18.7. The van der Waals surface area contributed by atoms with Gasteiger partial charge in [-0.05, 0) is 58.7 Å². The van der Waals surface area contributed by atoms with E-state index in [1.165, 1.54) is 44.6 Å². The number of amides is 1. The van der Waals surface area contributed by atoms with Crippen LogP contribution in [0.1, 0.15) is 86.3 Å². The quantitative estimate of drug-likeness (QED) is 0.0867. The van der Waals surface area contributed by atoms with E-state index in [2.05, 4.69) is 17.4 Å². The van der Waals surface area contributed by atoms with Crippen molar-refractivity contribution < 1.29 is 32.5 Å². The summed E-state index contributed by atoms with van der Waals surface area (Å²) in [6.07, 6.45) is 7.88. The van der Waals surface area contributed by atoms with Gasteiger partial charge in [0.05, 0.1) is 13.2 Å². The van der Waals surface area contributed by atoms with Crippen molar-refractivity contribution in [1.29, 1.82) is 0 Å². The maximum absolute atomic E-state index is 13.8. The third-order valence-electron chi connectivity index (χ3n) is 8.91. The monoisotopic (exact) mass is 697 g/mol. The molecule has 1 saturated carbocycles. The van der Waals surface area contributed by atoms with Gasteiger partial charge >= 0.3 is 13.8 Å².